The van der Waals surface area contributed by atoms with Gasteiger partial charge in [0.15, 0.2) is 10.5 Å². The van der Waals surface area contributed by atoms with Crippen molar-refractivity contribution in [3.05, 3.63) is 28.7 Å². The average molecular weight is 276 g/mol. The molecule has 0 aromatic heterocycles. The van der Waals surface area contributed by atoms with Crippen LogP contribution in [-0.2, 0) is 6.18 Å². The van der Waals surface area contributed by atoms with Crippen LogP contribution in [0.5, 0.6) is 5.75 Å². The first-order valence-corrected chi connectivity index (χ1v) is 4.08. The summed E-state index contributed by atoms with van der Waals surface area (Å²) < 4.78 is 75.4. The summed E-state index contributed by atoms with van der Waals surface area (Å²) in [5, 5.41) is 17.0. The molecule has 0 heterocycles. The predicted octanol–water partition coefficient (Wildman–Crippen LogP) is 4.20. The summed E-state index contributed by atoms with van der Waals surface area (Å²) in [4.78, 5) is 2.45. The standard InChI is InChI=1S/C7H3F3N2O.BF4/c8-7(9,10)5-3-4(13)1-2-6(5)12-11;2-1(3,4)5/h1-3H;/q;-1/p+1. The maximum Gasteiger partial charge on any atom is 0.673 e. The third-order valence-electron chi connectivity index (χ3n) is 1.39. The van der Waals surface area contributed by atoms with Gasteiger partial charge in [0.25, 0.3) is 0 Å². The highest BCUT2D eigenvalue weighted by atomic mass is 19.5. The minimum atomic E-state index is -6.00. The molecule has 0 bridgehead atoms. The van der Waals surface area contributed by atoms with E-state index in [0.29, 0.717) is 6.07 Å². The molecule has 1 aromatic rings. The van der Waals surface area contributed by atoms with Crippen LogP contribution >= 0.6 is 0 Å². The highest BCUT2D eigenvalue weighted by Crippen LogP contribution is 2.38. The fraction of sp³-hybridized carbons (Fsp3) is 0.143. The van der Waals surface area contributed by atoms with Crippen molar-refractivity contribution in [2.45, 2.75) is 6.18 Å². The zero-order chi connectivity index (χ0) is 14.6. The van der Waals surface area contributed by atoms with Crippen LogP contribution in [0.4, 0.5) is 36.1 Å². The van der Waals surface area contributed by atoms with E-state index < -0.39 is 30.4 Å². The van der Waals surface area contributed by atoms with Crippen molar-refractivity contribution in [1.82, 2.24) is 0 Å². The van der Waals surface area contributed by atoms with Gasteiger partial charge in [0.05, 0.1) is 0 Å². The molecule has 0 unspecified atom stereocenters. The van der Waals surface area contributed by atoms with E-state index in [1.165, 1.54) is 0 Å². The van der Waals surface area contributed by atoms with Crippen molar-refractivity contribution in [3.63, 3.8) is 0 Å². The maximum atomic E-state index is 12.1. The molecule has 0 amide bonds. The number of hydrogen-bond acceptors (Lipinski definition) is 2. The van der Waals surface area contributed by atoms with Gasteiger partial charge in [0.1, 0.15) is 5.75 Å². The van der Waals surface area contributed by atoms with E-state index >= 15 is 0 Å². The molecule has 100 valence electrons. The van der Waals surface area contributed by atoms with Crippen LogP contribution in [0.2, 0.25) is 0 Å². The second-order valence-corrected chi connectivity index (χ2v) is 2.79. The lowest BCUT2D eigenvalue weighted by atomic mass is 10.1. The van der Waals surface area contributed by atoms with Crippen molar-refractivity contribution in [1.29, 1.82) is 5.39 Å². The van der Waals surface area contributed by atoms with Crippen molar-refractivity contribution < 1.29 is 35.5 Å². The first-order valence-electron chi connectivity index (χ1n) is 4.08. The summed E-state index contributed by atoms with van der Waals surface area (Å²) in [6, 6.07) is 2.37. The molecular weight excluding hydrogens is 272 g/mol. The maximum absolute atomic E-state index is 12.1. The number of phenolic OH excluding ortho intramolecular Hbond substituents is 1. The number of hydrogen-bond donors (Lipinski definition) is 1. The molecule has 0 aliphatic carbocycles. The van der Waals surface area contributed by atoms with E-state index in [2.05, 4.69) is 4.98 Å². The van der Waals surface area contributed by atoms with Crippen molar-refractivity contribution >= 4 is 12.9 Å². The molecule has 1 aromatic carbocycles. The molecule has 0 saturated heterocycles. The molecule has 0 fully saturated rings. The SMILES string of the molecule is F[B-](F)(F)F.N#[N+]c1ccc(O)cc1C(F)(F)F. The van der Waals surface area contributed by atoms with Crippen molar-refractivity contribution in [3.8, 4) is 5.75 Å². The van der Waals surface area contributed by atoms with Crippen LogP contribution in [0.3, 0.4) is 0 Å². The van der Waals surface area contributed by atoms with Crippen LogP contribution in [0.1, 0.15) is 5.56 Å². The van der Waals surface area contributed by atoms with Crippen LogP contribution in [0, 0.1) is 5.39 Å². The van der Waals surface area contributed by atoms with Gasteiger partial charge < -0.3 is 22.4 Å². The largest absolute Gasteiger partial charge is 0.673 e. The Morgan fingerprint density at radius 3 is 1.89 bits per heavy atom. The normalized spacial score (nSPS) is 11.2. The summed E-state index contributed by atoms with van der Waals surface area (Å²) in [7, 11) is -6.00. The Bertz CT molecular complexity index is 445. The van der Waals surface area contributed by atoms with Gasteiger partial charge in [0, 0.05) is 12.1 Å². The molecule has 0 aliphatic heterocycles. The first kappa shape index (κ1) is 16.0. The highest BCUT2D eigenvalue weighted by Gasteiger charge is 2.39. The molecule has 0 atom stereocenters. The molecule has 0 radical (unpaired) electrons. The average Bonchev–Trinajstić information content (AvgIpc) is 2.13. The Morgan fingerprint density at radius 1 is 1.11 bits per heavy atom. The Morgan fingerprint density at radius 2 is 1.56 bits per heavy atom. The van der Waals surface area contributed by atoms with Crippen LogP contribution in [0.15, 0.2) is 18.2 Å². The summed E-state index contributed by atoms with van der Waals surface area (Å²) in [6.07, 6.45) is -4.64. The fourth-order valence-corrected chi connectivity index (χ4v) is 0.838. The smallest absolute Gasteiger partial charge is 0.508 e. The number of benzene rings is 1. The minimum absolute atomic E-state index is 0.495. The summed E-state index contributed by atoms with van der Waals surface area (Å²) in [5.41, 5.74) is -1.79. The van der Waals surface area contributed by atoms with E-state index in [1.807, 2.05) is 0 Å². The molecule has 11 heteroatoms. The third kappa shape index (κ3) is 6.57. The van der Waals surface area contributed by atoms with Gasteiger partial charge in [-0.2, -0.15) is 13.2 Å². The monoisotopic (exact) mass is 276 g/mol. The van der Waals surface area contributed by atoms with Crippen LogP contribution in [-0.4, -0.2) is 12.4 Å². The quantitative estimate of drug-likeness (QED) is 0.438. The molecule has 0 saturated carbocycles. The molecular formula is C7H4BF7N2O. The van der Waals surface area contributed by atoms with Gasteiger partial charge in [-0.05, 0) is 6.07 Å². The van der Waals surface area contributed by atoms with Gasteiger partial charge in [-0.1, -0.05) is 0 Å². The van der Waals surface area contributed by atoms with E-state index in [1.54, 1.807) is 0 Å². The summed E-state index contributed by atoms with van der Waals surface area (Å²) >= 11 is 0. The third-order valence-corrected chi connectivity index (χ3v) is 1.39. The Balaban J connectivity index is 0.000000494. The van der Waals surface area contributed by atoms with E-state index in [-0.39, 0.29) is 0 Å². The van der Waals surface area contributed by atoms with Crippen LogP contribution < -0.4 is 0 Å². The lowest BCUT2D eigenvalue weighted by Crippen LogP contribution is -2.04. The van der Waals surface area contributed by atoms with Gasteiger partial charge >= 0.3 is 19.1 Å². The number of nitrogens with zero attached hydrogens (tertiary/aromatic N) is 2. The number of halogens is 7. The molecule has 1 rings (SSSR count). The van der Waals surface area contributed by atoms with Crippen molar-refractivity contribution in [2.24, 2.45) is 0 Å². The van der Waals surface area contributed by atoms with E-state index in [4.69, 9.17) is 10.5 Å². The topological polar surface area (TPSA) is 48.4 Å². The van der Waals surface area contributed by atoms with Crippen LogP contribution in [0.25, 0.3) is 4.98 Å². The lowest BCUT2D eigenvalue weighted by molar-refractivity contribution is -0.137. The fourth-order valence-electron chi connectivity index (χ4n) is 0.838. The Labute approximate surface area is 95.6 Å². The number of alkyl halides is 3. The number of rotatable bonds is 0. The molecule has 1 N–H and O–H groups in total. The predicted molar refractivity (Wildman–Crippen MR) is 48.0 cm³/mol. The van der Waals surface area contributed by atoms with Crippen molar-refractivity contribution in [2.75, 3.05) is 0 Å². The Hall–Kier alpha value is -1.99. The van der Waals surface area contributed by atoms with Gasteiger partial charge in [0.2, 0.25) is 5.39 Å². The van der Waals surface area contributed by atoms with Gasteiger partial charge in [-0.25, -0.2) is 0 Å². The van der Waals surface area contributed by atoms with E-state index in [0.717, 1.165) is 12.1 Å². The zero-order valence-electron chi connectivity index (χ0n) is 8.30. The second kappa shape index (κ2) is 5.57. The lowest BCUT2D eigenvalue weighted by Gasteiger charge is -2.02. The zero-order valence-corrected chi connectivity index (χ0v) is 8.30. The summed E-state index contributed by atoms with van der Waals surface area (Å²) in [6.45, 7) is 0. The number of diazo groups is 1. The Kier molecular flexibility index (Phi) is 4.95. The number of aromatic hydroxyl groups is 1. The molecule has 0 aliphatic rings. The van der Waals surface area contributed by atoms with Gasteiger partial charge in [-0.3, -0.25) is 0 Å². The van der Waals surface area contributed by atoms with E-state index in [9.17, 15) is 30.4 Å². The highest BCUT2D eigenvalue weighted by molar-refractivity contribution is 6.50. The van der Waals surface area contributed by atoms with Gasteiger partial charge in [-0.15, -0.1) is 0 Å². The first-order chi connectivity index (χ1) is 7.95. The number of phenols is 1. The molecule has 3 nitrogen and oxygen atoms in total. The summed E-state index contributed by atoms with van der Waals surface area (Å²) in [5.74, 6) is -0.528. The molecule has 0 spiro atoms. The minimum Gasteiger partial charge on any atom is -0.508 e. The molecule has 18 heavy (non-hydrogen) atoms. The second-order valence-electron chi connectivity index (χ2n) is 2.79.